The molecule has 0 aliphatic heterocycles. The van der Waals surface area contributed by atoms with E-state index >= 15 is 0 Å². The van der Waals surface area contributed by atoms with Gasteiger partial charge in [0.05, 0.1) is 12.2 Å². The molecule has 0 fully saturated rings. The van der Waals surface area contributed by atoms with Crippen molar-refractivity contribution in [3.63, 3.8) is 0 Å². The first-order valence-corrected chi connectivity index (χ1v) is 5.76. The van der Waals surface area contributed by atoms with Crippen LogP contribution in [-0.4, -0.2) is 33.5 Å². The average molecular weight is 226 g/mol. The zero-order valence-electron chi connectivity index (χ0n) is 10.1. The third kappa shape index (κ3) is 4.35. The molecule has 0 aliphatic rings. The van der Waals surface area contributed by atoms with E-state index in [-0.39, 0.29) is 6.61 Å². The molecule has 4 heteroatoms. The molecular formula is C12H22N2O2. The molecule has 1 unspecified atom stereocenters. The second-order valence-corrected chi connectivity index (χ2v) is 4.52. The molecule has 0 aliphatic carbocycles. The van der Waals surface area contributed by atoms with Crippen molar-refractivity contribution >= 4 is 0 Å². The summed E-state index contributed by atoms with van der Waals surface area (Å²) in [5, 5.41) is 21.6. The van der Waals surface area contributed by atoms with Crippen LogP contribution in [0.5, 0.6) is 0 Å². The van der Waals surface area contributed by atoms with Gasteiger partial charge in [0, 0.05) is 32.0 Å². The Bertz CT molecular complexity index is 308. The van der Waals surface area contributed by atoms with Gasteiger partial charge in [-0.3, -0.25) is 0 Å². The van der Waals surface area contributed by atoms with Gasteiger partial charge >= 0.3 is 0 Å². The van der Waals surface area contributed by atoms with Gasteiger partial charge in [-0.05, 0) is 25.0 Å². The van der Waals surface area contributed by atoms with Crippen molar-refractivity contribution < 1.29 is 10.2 Å². The van der Waals surface area contributed by atoms with Gasteiger partial charge in [-0.2, -0.15) is 0 Å². The predicted molar refractivity (Wildman–Crippen MR) is 64.1 cm³/mol. The van der Waals surface area contributed by atoms with Crippen molar-refractivity contribution in [2.24, 2.45) is 0 Å². The molecule has 1 atom stereocenters. The maximum Gasteiger partial charge on any atom is 0.0972 e. The molecule has 1 aromatic rings. The zero-order chi connectivity index (χ0) is 12.0. The quantitative estimate of drug-likeness (QED) is 0.642. The number of aryl methyl sites for hydroxylation is 1. The molecule has 0 spiro atoms. The first-order chi connectivity index (χ1) is 7.57. The monoisotopic (exact) mass is 226 g/mol. The fourth-order valence-corrected chi connectivity index (χ4v) is 1.52. The van der Waals surface area contributed by atoms with Crippen LogP contribution in [0.2, 0.25) is 0 Å². The summed E-state index contributed by atoms with van der Waals surface area (Å²) in [7, 11) is 0. The molecule has 0 saturated heterocycles. The second-order valence-electron chi connectivity index (χ2n) is 4.52. The highest BCUT2D eigenvalue weighted by molar-refractivity contribution is 5.09. The van der Waals surface area contributed by atoms with E-state index in [4.69, 9.17) is 5.11 Å². The Balaban J connectivity index is 2.31. The predicted octanol–water partition coefficient (Wildman–Crippen LogP) is 0.731. The number of rotatable bonds is 7. The lowest BCUT2D eigenvalue weighted by atomic mass is 10.1. The Kier molecular flexibility index (Phi) is 4.99. The number of aliphatic hydroxyl groups is 2. The van der Waals surface area contributed by atoms with Crippen molar-refractivity contribution in [2.75, 3.05) is 13.2 Å². The van der Waals surface area contributed by atoms with E-state index < -0.39 is 5.60 Å². The minimum Gasteiger partial charge on any atom is -0.393 e. The second kappa shape index (κ2) is 6.03. The number of hydrogen-bond acceptors (Lipinski definition) is 3. The van der Waals surface area contributed by atoms with Gasteiger partial charge in [-0.1, -0.05) is 6.92 Å². The summed E-state index contributed by atoms with van der Waals surface area (Å²) < 4.78 is 2.15. The van der Waals surface area contributed by atoms with E-state index in [0.29, 0.717) is 13.1 Å². The summed E-state index contributed by atoms with van der Waals surface area (Å²) in [6, 6.07) is 2.07. The Hall–Kier alpha value is -0.840. The largest absolute Gasteiger partial charge is 0.393 e. The van der Waals surface area contributed by atoms with E-state index in [1.807, 2.05) is 0 Å². The lowest BCUT2D eigenvalue weighted by Gasteiger charge is -2.20. The number of nitrogens with zero attached hydrogens (tertiary/aromatic N) is 1. The number of aliphatic hydroxyl groups excluding tert-OH is 1. The minimum absolute atomic E-state index is 0.225. The first-order valence-electron chi connectivity index (χ1n) is 5.76. The van der Waals surface area contributed by atoms with Crippen LogP contribution in [0.25, 0.3) is 0 Å². The van der Waals surface area contributed by atoms with Crippen LogP contribution in [0.4, 0.5) is 0 Å². The van der Waals surface area contributed by atoms with Gasteiger partial charge in [0.25, 0.3) is 0 Å². The first kappa shape index (κ1) is 13.2. The molecule has 92 valence electrons. The Morgan fingerprint density at radius 3 is 2.88 bits per heavy atom. The van der Waals surface area contributed by atoms with Crippen LogP contribution in [0.1, 0.15) is 25.8 Å². The molecule has 1 rings (SSSR count). The smallest absolute Gasteiger partial charge is 0.0972 e. The third-order valence-electron chi connectivity index (χ3n) is 2.47. The fraction of sp³-hybridized carbons (Fsp3) is 0.667. The topological polar surface area (TPSA) is 57.4 Å². The summed E-state index contributed by atoms with van der Waals surface area (Å²) in [5.74, 6) is 0. The Labute approximate surface area is 96.9 Å². The molecule has 3 N–H and O–H groups in total. The van der Waals surface area contributed by atoms with Gasteiger partial charge in [-0.25, -0.2) is 0 Å². The van der Waals surface area contributed by atoms with Crippen LogP contribution in [0, 0.1) is 0 Å². The Morgan fingerprint density at radius 2 is 2.25 bits per heavy atom. The number of nitrogens with one attached hydrogen (secondary N) is 1. The van der Waals surface area contributed by atoms with E-state index in [9.17, 15) is 5.11 Å². The van der Waals surface area contributed by atoms with Crippen molar-refractivity contribution in [3.8, 4) is 0 Å². The molecule has 1 aromatic heterocycles. The third-order valence-corrected chi connectivity index (χ3v) is 2.47. The molecule has 0 amide bonds. The lowest BCUT2D eigenvalue weighted by molar-refractivity contribution is 0.00254. The van der Waals surface area contributed by atoms with Crippen molar-refractivity contribution in [2.45, 2.75) is 39.0 Å². The highest BCUT2D eigenvalue weighted by Gasteiger charge is 2.17. The molecular weight excluding hydrogens is 204 g/mol. The van der Waals surface area contributed by atoms with Gasteiger partial charge in [0.2, 0.25) is 0 Å². The number of aromatic nitrogens is 1. The summed E-state index contributed by atoms with van der Waals surface area (Å²) in [6.07, 6.45) is 5.29. The zero-order valence-corrected chi connectivity index (χ0v) is 10.1. The summed E-state index contributed by atoms with van der Waals surface area (Å²) in [4.78, 5) is 0. The number of hydrogen-bond donors (Lipinski definition) is 3. The van der Waals surface area contributed by atoms with Crippen molar-refractivity contribution in [1.82, 2.24) is 9.88 Å². The highest BCUT2D eigenvalue weighted by atomic mass is 16.3. The van der Waals surface area contributed by atoms with Crippen LogP contribution in [-0.2, 0) is 13.1 Å². The van der Waals surface area contributed by atoms with Crippen molar-refractivity contribution in [1.29, 1.82) is 0 Å². The molecule has 0 radical (unpaired) electrons. The van der Waals surface area contributed by atoms with Gasteiger partial charge in [-0.15, -0.1) is 0 Å². The molecule has 0 saturated carbocycles. The van der Waals surface area contributed by atoms with E-state index in [1.54, 1.807) is 6.92 Å². The Morgan fingerprint density at radius 1 is 1.50 bits per heavy atom. The van der Waals surface area contributed by atoms with Crippen LogP contribution >= 0.6 is 0 Å². The van der Waals surface area contributed by atoms with E-state index in [0.717, 1.165) is 13.0 Å². The molecule has 16 heavy (non-hydrogen) atoms. The van der Waals surface area contributed by atoms with Crippen molar-refractivity contribution in [3.05, 3.63) is 24.0 Å². The molecule has 4 nitrogen and oxygen atoms in total. The van der Waals surface area contributed by atoms with E-state index in [1.165, 1.54) is 5.56 Å². The molecule has 0 aromatic carbocycles. The molecule has 1 heterocycles. The fourth-order valence-electron chi connectivity index (χ4n) is 1.52. The van der Waals surface area contributed by atoms with Gasteiger partial charge in [0.1, 0.15) is 0 Å². The minimum atomic E-state index is -1.04. The average Bonchev–Trinajstić information content (AvgIpc) is 2.66. The standard InChI is InChI=1S/C12H22N2O2/c1-3-5-14-6-4-11(8-14)7-13-9-12(2,16)10-15/h4,6,8,13,15-16H,3,5,7,9-10H2,1-2H3. The lowest BCUT2D eigenvalue weighted by Crippen LogP contribution is -2.40. The normalized spacial score (nSPS) is 15.0. The highest BCUT2D eigenvalue weighted by Crippen LogP contribution is 2.03. The maximum atomic E-state index is 9.57. The van der Waals surface area contributed by atoms with Crippen LogP contribution < -0.4 is 5.32 Å². The molecule has 0 bridgehead atoms. The summed E-state index contributed by atoms with van der Waals surface area (Å²) in [6.45, 7) is 5.68. The van der Waals surface area contributed by atoms with Crippen LogP contribution in [0.15, 0.2) is 18.5 Å². The van der Waals surface area contributed by atoms with E-state index in [2.05, 4.69) is 35.3 Å². The van der Waals surface area contributed by atoms with Gasteiger partial charge in [0.15, 0.2) is 0 Å². The SMILES string of the molecule is CCCn1ccc(CNCC(C)(O)CO)c1. The maximum absolute atomic E-state index is 9.57. The summed E-state index contributed by atoms with van der Waals surface area (Å²) in [5.41, 5.74) is 0.161. The summed E-state index contributed by atoms with van der Waals surface area (Å²) >= 11 is 0. The van der Waals surface area contributed by atoms with Gasteiger partial charge < -0.3 is 20.1 Å². The van der Waals surface area contributed by atoms with Crippen LogP contribution in [0.3, 0.4) is 0 Å².